The predicted molar refractivity (Wildman–Crippen MR) is 94.1 cm³/mol. The Morgan fingerprint density at radius 3 is 2.57 bits per heavy atom. The minimum Gasteiger partial charge on any atom is -0.387 e. The summed E-state index contributed by atoms with van der Waals surface area (Å²) >= 11 is 0. The summed E-state index contributed by atoms with van der Waals surface area (Å²) in [6.45, 7) is 3.12. The number of aromatic nitrogens is 3. The van der Waals surface area contributed by atoms with E-state index in [2.05, 4.69) is 9.97 Å². The minimum atomic E-state index is -1.89. The van der Waals surface area contributed by atoms with E-state index in [1.165, 1.54) is 19.3 Å². The molecule has 0 unspecified atom stereocenters. The van der Waals surface area contributed by atoms with Crippen molar-refractivity contribution in [1.82, 2.24) is 14.5 Å². The molecule has 1 aliphatic heterocycles. The number of aryl methyl sites for hydroxylation is 1. The summed E-state index contributed by atoms with van der Waals surface area (Å²) in [7, 11) is 0. The van der Waals surface area contributed by atoms with Gasteiger partial charge in [-0.15, -0.1) is 0 Å². The molecule has 0 radical (unpaired) electrons. The first kappa shape index (κ1) is 18.9. The van der Waals surface area contributed by atoms with E-state index in [0.29, 0.717) is 5.65 Å². The van der Waals surface area contributed by atoms with Crippen molar-refractivity contribution < 1.29 is 28.8 Å². The second kappa shape index (κ2) is 6.56. The molecule has 3 aromatic rings. The van der Waals surface area contributed by atoms with Crippen LogP contribution in [0.5, 0.6) is 0 Å². The van der Waals surface area contributed by atoms with Crippen molar-refractivity contribution in [3.8, 4) is 0 Å². The van der Waals surface area contributed by atoms with Crippen LogP contribution in [0.3, 0.4) is 0 Å². The first-order valence-corrected chi connectivity index (χ1v) is 8.69. The Bertz CT molecular complexity index is 1040. The predicted octanol–water partition coefficient (Wildman–Crippen LogP) is 1.54. The molecule has 0 saturated carbocycles. The van der Waals surface area contributed by atoms with Gasteiger partial charge in [0, 0.05) is 11.6 Å². The Balaban J connectivity index is 1.71. The Labute approximate surface area is 158 Å². The largest absolute Gasteiger partial charge is 0.387 e. The molecule has 2 aromatic heterocycles. The fraction of sp³-hybridized carbons (Fsp3) is 0.368. The Morgan fingerprint density at radius 2 is 1.86 bits per heavy atom. The molecule has 4 rings (SSSR count). The molecular formula is C19H19F2N3O4. The first-order chi connectivity index (χ1) is 13.2. The van der Waals surface area contributed by atoms with Gasteiger partial charge in [0.25, 0.3) is 0 Å². The minimum absolute atomic E-state index is 0.0128. The standard InChI is InChI=1S/C19H19F2N3O4/c1-9-11-5-6-24(17(11)23-8-22-9)18-15(26)14(25)16(28-18)19(2,27)10-3-4-12(20)13(21)7-10/h3-8,14-16,18,25-27H,1-2H3/t14-,15+,16-,18+,19+/m0/s1. The Morgan fingerprint density at radius 1 is 1.11 bits per heavy atom. The third-order valence-corrected chi connectivity index (χ3v) is 5.28. The Hall–Kier alpha value is -2.46. The van der Waals surface area contributed by atoms with Crippen LogP contribution < -0.4 is 0 Å². The maximum absolute atomic E-state index is 13.6. The zero-order chi connectivity index (χ0) is 20.2. The van der Waals surface area contributed by atoms with Gasteiger partial charge in [0.05, 0.1) is 5.69 Å². The molecular weight excluding hydrogens is 372 g/mol. The molecule has 1 aliphatic rings. The van der Waals surface area contributed by atoms with Crippen LogP contribution in [0.4, 0.5) is 8.78 Å². The SMILES string of the molecule is Cc1ncnc2c1ccn2[C@@H]1O[C@H]([C@](C)(O)c2ccc(F)c(F)c2)[C@@H](O)[C@H]1O. The molecule has 1 aromatic carbocycles. The number of ether oxygens (including phenoxy) is 1. The van der Waals surface area contributed by atoms with Crippen molar-refractivity contribution in [3.05, 3.63) is 59.7 Å². The van der Waals surface area contributed by atoms with Crippen LogP contribution in [0.2, 0.25) is 0 Å². The third-order valence-electron chi connectivity index (χ3n) is 5.28. The van der Waals surface area contributed by atoms with Gasteiger partial charge in [-0.3, -0.25) is 0 Å². The number of hydrogen-bond donors (Lipinski definition) is 3. The number of rotatable bonds is 3. The quantitative estimate of drug-likeness (QED) is 0.626. The molecule has 3 N–H and O–H groups in total. The molecule has 5 atom stereocenters. The van der Waals surface area contributed by atoms with Crippen molar-refractivity contribution in [2.75, 3.05) is 0 Å². The smallest absolute Gasteiger partial charge is 0.164 e. The van der Waals surface area contributed by atoms with Gasteiger partial charge in [0.2, 0.25) is 0 Å². The van der Waals surface area contributed by atoms with E-state index in [0.717, 1.165) is 23.2 Å². The number of halogens is 2. The number of hydrogen-bond acceptors (Lipinski definition) is 6. The summed E-state index contributed by atoms with van der Waals surface area (Å²) in [5.74, 6) is -2.19. The summed E-state index contributed by atoms with van der Waals surface area (Å²) < 4.78 is 34.2. The lowest BCUT2D eigenvalue weighted by Gasteiger charge is -2.32. The highest BCUT2D eigenvalue weighted by Crippen LogP contribution is 2.40. The van der Waals surface area contributed by atoms with Crippen LogP contribution >= 0.6 is 0 Å². The maximum atomic E-state index is 13.6. The van der Waals surface area contributed by atoms with Gasteiger partial charge < -0.3 is 24.6 Å². The van der Waals surface area contributed by atoms with Gasteiger partial charge in [0.15, 0.2) is 17.9 Å². The number of aliphatic hydroxyl groups is 3. The summed E-state index contributed by atoms with van der Waals surface area (Å²) in [5.41, 5.74) is -0.643. The number of benzene rings is 1. The maximum Gasteiger partial charge on any atom is 0.164 e. The van der Waals surface area contributed by atoms with Gasteiger partial charge in [-0.25, -0.2) is 18.7 Å². The molecule has 0 bridgehead atoms. The van der Waals surface area contributed by atoms with Crippen molar-refractivity contribution in [2.45, 2.75) is 44.0 Å². The zero-order valence-electron chi connectivity index (χ0n) is 15.1. The van der Waals surface area contributed by atoms with Crippen LogP contribution in [0, 0.1) is 18.6 Å². The number of aliphatic hydroxyl groups excluding tert-OH is 2. The third kappa shape index (κ3) is 2.78. The van der Waals surface area contributed by atoms with E-state index in [1.54, 1.807) is 16.8 Å². The van der Waals surface area contributed by atoms with Crippen molar-refractivity contribution >= 4 is 11.0 Å². The lowest BCUT2D eigenvalue weighted by atomic mass is 9.86. The van der Waals surface area contributed by atoms with Gasteiger partial charge in [-0.05, 0) is 37.6 Å². The van der Waals surface area contributed by atoms with Gasteiger partial charge >= 0.3 is 0 Å². The average Bonchev–Trinajstić information content (AvgIpc) is 3.20. The fourth-order valence-corrected chi connectivity index (χ4v) is 3.63. The normalized spacial score (nSPS) is 27.2. The molecule has 3 heterocycles. The van der Waals surface area contributed by atoms with Gasteiger partial charge in [-0.2, -0.15) is 0 Å². The molecule has 1 saturated heterocycles. The molecule has 28 heavy (non-hydrogen) atoms. The zero-order valence-corrected chi connectivity index (χ0v) is 15.1. The van der Waals surface area contributed by atoms with Crippen molar-refractivity contribution in [1.29, 1.82) is 0 Å². The van der Waals surface area contributed by atoms with E-state index in [9.17, 15) is 24.1 Å². The highest BCUT2D eigenvalue weighted by molar-refractivity contribution is 5.78. The molecule has 0 aliphatic carbocycles. The van der Waals surface area contributed by atoms with Crippen LogP contribution in [0.1, 0.15) is 24.4 Å². The lowest BCUT2D eigenvalue weighted by Crippen LogP contribution is -2.45. The van der Waals surface area contributed by atoms with Crippen LogP contribution in [0.25, 0.3) is 11.0 Å². The number of fused-ring (bicyclic) bond motifs is 1. The van der Waals surface area contributed by atoms with Crippen LogP contribution in [-0.2, 0) is 10.3 Å². The molecule has 0 amide bonds. The van der Waals surface area contributed by atoms with E-state index in [4.69, 9.17) is 4.74 Å². The monoisotopic (exact) mass is 391 g/mol. The van der Waals surface area contributed by atoms with Crippen LogP contribution in [-0.4, -0.2) is 48.2 Å². The van der Waals surface area contributed by atoms with Gasteiger partial charge in [-0.1, -0.05) is 6.07 Å². The summed E-state index contributed by atoms with van der Waals surface area (Å²) in [6, 6.07) is 4.68. The Kier molecular flexibility index (Phi) is 4.42. The second-order valence-electron chi connectivity index (χ2n) is 7.12. The lowest BCUT2D eigenvalue weighted by molar-refractivity contribution is -0.136. The molecule has 148 valence electrons. The number of nitrogens with zero attached hydrogens (tertiary/aromatic N) is 3. The molecule has 9 heteroatoms. The summed E-state index contributed by atoms with van der Waals surface area (Å²) in [4.78, 5) is 8.31. The summed E-state index contributed by atoms with van der Waals surface area (Å²) in [6.07, 6.45) is -2.18. The molecule has 1 fully saturated rings. The highest BCUT2D eigenvalue weighted by atomic mass is 19.2. The molecule has 7 nitrogen and oxygen atoms in total. The molecule has 0 spiro atoms. The van der Waals surface area contributed by atoms with E-state index >= 15 is 0 Å². The van der Waals surface area contributed by atoms with Crippen molar-refractivity contribution in [2.24, 2.45) is 0 Å². The second-order valence-corrected chi connectivity index (χ2v) is 7.12. The van der Waals surface area contributed by atoms with E-state index in [1.807, 2.05) is 6.92 Å². The average molecular weight is 391 g/mol. The van der Waals surface area contributed by atoms with E-state index in [-0.39, 0.29) is 5.56 Å². The topological polar surface area (TPSA) is 101 Å². The van der Waals surface area contributed by atoms with Crippen LogP contribution in [0.15, 0.2) is 36.8 Å². The van der Waals surface area contributed by atoms with E-state index < -0.39 is 41.8 Å². The highest BCUT2D eigenvalue weighted by Gasteiger charge is 2.52. The van der Waals surface area contributed by atoms with Crippen molar-refractivity contribution in [3.63, 3.8) is 0 Å². The first-order valence-electron chi connectivity index (χ1n) is 8.69. The fourth-order valence-electron chi connectivity index (χ4n) is 3.63. The van der Waals surface area contributed by atoms with Gasteiger partial charge in [0.1, 0.15) is 35.9 Å². The summed E-state index contributed by atoms with van der Waals surface area (Å²) in [5, 5.41) is 32.8.